The van der Waals surface area contributed by atoms with Gasteiger partial charge in [-0.25, -0.2) is 0 Å². The normalized spacial score (nSPS) is 41.7. The lowest BCUT2D eigenvalue weighted by molar-refractivity contribution is -0.0242. The SMILES string of the molecule is CN1CCC2c3c4ccc(O)c3OC3C(O)C=CC(C23)C1C4. The lowest BCUT2D eigenvalue weighted by Crippen LogP contribution is -2.50. The monoisotopic (exact) mass is 299 g/mol. The standard InChI is InChI=1S/C18H21NO3/c1-19-7-6-11-15-9-2-4-13(20)17(15)22-18-14(21)5-3-10(16(11)18)12(19)8-9/h2-5,10-12,14,16,18,20-21H,6-8H2,1H3. The van der Waals surface area contributed by atoms with Crippen LogP contribution in [0.3, 0.4) is 0 Å². The maximum absolute atomic E-state index is 10.4. The van der Waals surface area contributed by atoms with Crippen LogP contribution >= 0.6 is 0 Å². The van der Waals surface area contributed by atoms with Crippen molar-refractivity contribution in [2.45, 2.75) is 37.0 Å². The van der Waals surface area contributed by atoms with Gasteiger partial charge in [0.05, 0.1) is 0 Å². The van der Waals surface area contributed by atoms with E-state index >= 15 is 0 Å². The molecule has 0 radical (unpaired) electrons. The predicted molar refractivity (Wildman–Crippen MR) is 82.1 cm³/mol. The van der Waals surface area contributed by atoms with Crippen molar-refractivity contribution in [3.63, 3.8) is 0 Å². The Morgan fingerprint density at radius 1 is 1.27 bits per heavy atom. The number of aromatic hydroxyl groups is 1. The van der Waals surface area contributed by atoms with Gasteiger partial charge in [0, 0.05) is 17.5 Å². The molecular weight excluding hydrogens is 278 g/mol. The average Bonchev–Trinajstić information content (AvgIpc) is 2.72. The van der Waals surface area contributed by atoms with Crippen molar-refractivity contribution in [2.75, 3.05) is 13.6 Å². The summed E-state index contributed by atoms with van der Waals surface area (Å²) in [6.07, 6.45) is 5.35. The largest absolute Gasteiger partial charge is 0.504 e. The van der Waals surface area contributed by atoms with Crippen LogP contribution in [-0.2, 0) is 6.42 Å². The summed E-state index contributed by atoms with van der Waals surface area (Å²) in [4.78, 5) is 2.47. The van der Waals surface area contributed by atoms with Crippen LogP contribution < -0.4 is 4.74 Å². The van der Waals surface area contributed by atoms with E-state index in [1.165, 1.54) is 11.1 Å². The zero-order chi connectivity index (χ0) is 15.0. The molecule has 0 aromatic heterocycles. The van der Waals surface area contributed by atoms with Crippen LogP contribution in [0.15, 0.2) is 24.3 Å². The number of phenolic OH excluding ortho intramolecular Hbond substituents is 1. The van der Waals surface area contributed by atoms with E-state index in [4.69, 9.17) is 4.74 Å². The first kappa shape index (κ1) is 13.0. The number of benzene rings is 1. The van der Waals surface area contributed by atoms with E-state index in [1.807, 2.05) is 6.08 Å². The fraction of sp³-hybridized carbons (Fsp3) is 0.556. The van der Waals surface area contributed by atoms with E-state index in [9.17, 15) is 10.2 Å². The number of nitrogens with zero attached hydrogens (tertiary/aromatic N) is 1. The van der Waals surface area contributed by atoms with Gasteiger partial charge in [0.15, 0.2) is 11.5 Å². The molecule has 2 aliphatic heterocycles. The van der Waals surface area contributed by atoms with Crippen molar-refractivity contribution in [2.24, 2.45) is 11.8 Å². The van der Waals surface area contributed by atoms with Crippen LogP contribution in [0.25, 0.3) is 0 Å². The van der Waals surface area contributed by atoms with E-state index in [2.05, 4.69) is 24.1 Å². The van der Waals surface area contributed by atoms with Gasteiger partial charge in [0.25, 0.3) is 0 Å². The molecule has 2 heterocycles. The lowest BCUT2D eigenvalue weighted by Gasteiger charge is -2.45. The number of phenols is 1. The molecule has 1 saturated heterocycles. The zero-order valence-corrected chi connectivity index (χ0v) is 12.6. The Morgan fingerprint density at radius 3 is 3.00 bits per heavy atom. The average molecular weight is 299 g/mol. The molecular formula is C18H21NO3. The molecule has 22 heavy (non-hydrogen) atoms. The third-order valence-corrected chi connectivity index (χ3v) is 6.28. The van der Waals surface area contributed by atoms with Gasteiger partial charge in [-0.05, 0) is 49.9 Å². The molecule has 4 aliphatic rings. The van der Waals surface area contributed by atoms with Crippen molar-refractivity contribution in [3.05, 3.63) is 35.4 Å². The molecule has 4 nitrogen and oxygen atoms in total. The van der Waals surface area contributed by atoms with Crippen LogP contribution in [0.1, 0.15) is 23.5 Å². The summed E-state index contributed by atoms with van der Waals surface area (Å²) in [5.74, 6) is 1.93. The minimum atomic E-state index is -0.581. The number of hydrogen-bond acceptors (Lipinski definition) is 4. The van der Waals surface area contributed by atoms with Crippen LogP contribution in [0, 0.1) is 11.8 Å². The van der Waals surface area contributed by atoms with Gasteiger partial charge in [-0.15, -0.1) is 0 Å². The highest BCUT2D eigenvalue weighted by Crippen LogP contribution is 2.56. The van der Waals surface area contributed by atoms with E-state index in [1.54, 1.807) is 6.07 Å². The van der Waals surface area contributed by atoms with Crippen molar-refractivity contribution in [1.29, 1.82) is 0 Å². The van der Waals surface area contributed by atoms with Crippen LogP contribution in [0.2, 0.25) is 0 Å². The van der Waals surface area contributed by atoms with Crippen LogP contribution in [0.5, 0.6) is 11.5 Å². The number of likely N-dealkylation sites (N-methyl/N-ethyl adjacent to an activating group) is 1. The third kappa shape index (κ3) is 1.49. The maximum Gasteiger partial charge on any atom is 0.165 e. The van der Waals surface area contributed by atoms with E-state index in [-0.39, 0.29) is 11.9 Å². The minimum Gasteiger partial charge on any atom is -0.504 e. The Bertz CT molecular complexity index is 671. The Hall–Kier alpha value is -1.52. The summed E-state index contributed by atoms with van der Waals surface area (Å²) in [7, 11) is 2.21. The number of aliphatic hydroxyl groups excluding tert-OH is 1. The molecule has 116 valence electrons. The first-order valence-corrected chi connectivity index (χ1v) is 8.23. The first-order chi connectivity index (χ1) is 10.6. The van der Waals surface area contributed by atoms with Gasteiger partial charge in [-0.1, -0.05) is 18.2 Å². The highest BCUT2D eigenvalue weighted by molar-refractivity contribution is 5.55. The smallest absolute Gasteiger partial charge is 0.165 e. The Labute approximate surface area is 130 Å². The summed E-state index contributed by atoms with van der Waals surface area (Å²) < 4.78 is 6.14. The molecule has 0 saturated carbocycles. The van der Waals surface area contributed by atoms with Crippen molar-refractivity contribution >= 4 is 0 Å². The number of aliphatic hydroxyl groups is 1. The molecule has 1 aromatic rings. The second kappa shape index (κ2) is 4.27. The summed E-state index contributed by atoms with van der Waals surface area (Å²) >= 11 is 0. The van der Waals surface area contributed by atoms with E-state index < -0.39 is 6.10 Å². The van der Waals surface area contributed by atoms with Gasteiger partial charge >= 0.3 is 0 Å². The quantitative estimate of drug-likeness (QED) is 0.716. The Kier molecular flexibility index (Phi) is 2.52. The fourth-order valence-corrected chi connectivity index (χ4v) is 5.28. The second-order valence-electron chi connectivity index (χ2n) is 7.25. The molecule has 2 N–H and O–H groups in total. The topological polar surface area (TPSA) is 52.9 Å². The Morgan fingerprint density at radius 2 is 2.14 bits per heavy atom. The molecule has 4 bridgehead atoms. The maximum atomic E-state index is 10.4. The summed E-state index contributed by atoms with van der Waals surface area (Å²) in [5.41, 5.74) is 2.52. The summed E-state index contributed by atoms with van der Waals surface area (Å²) in [6.45, 7) is 1.06. The van der Waals surface area contributed by atoms with Gasteiger partial charge in [-0.2, -0.15) is 0 Å². The fourth-order valence-electron chi connectivity index (χ4n) is 5.28. The van der Waals surface area contributed by atoms with Crippen LogP contribution in [0.4, 0.5) is 0 Å². The van der Waals surface area contributed by atoms with Gasteiger partial charge < -0.3 is 19.8 Å². The molecule has 4 heteroatoms. The molecule has 1 fully saturated rings. The van der Waals surface area contributed by atoms with Crippen molar-refractivity contribution in [3.8, 4) is 11.5 Å². The highest BCUT2D eigenvalue weighted by Gasteiger charge is 2.53. The van der Waals surface area contributed by atoms with Gasteiger partial charge in [0.2, 0.25) is 0 Å². The Balaban J connectivity index is 1.81. The van der Waals surface area contributed by atoms with Gasteiger partial charge in [-0.3, -0.25) is 0 Å². The summed E-state index contributed by atoms with van der Waals surface area (Å²) in [5, 5.41) is 20.7. The predicted octanol–water partition coefficient (Wildman–Crippen LogP) is 1.66. The molecule has 0 spiro atoms. The van der Waals surface area contributed by atoms with Crippen LogP contribution in [-0.4, -0.2) is 47.0 Å². The first-order valence-electron chi connectivity index (χ1n) is 8.23. The van der Waals surface area contributed by atoms with Crippen molar-refractivity contribution in [1.82, 2.24) is 4.90 Å². The third-order valence-electron chi connectivity index (χ3n) is 6.28. The van der Waals surface area contributed by atoms with E-state index in [0.717, 1.165) is 19.4 Å². The van der Waals surface area contributed by atoms with E-state index in [0.29, 0.717) is 29.5 Å². The minimum absolute atomic E-state index is 0.216. The zero-order valence-electron chi connectivity index (χ0n) is 12.6. The number of hydrogen-bond donors (Lipinski definition) is 2. The number of likely N-dealkylation sites (tertiary alicyclic amines) is 1. The molecule has 5 rings (SSSR count). The molecule has 6 atom stereocenters. The molecule has 1 aromatic carbocycles. The van der Waals surface area contributed by atoms with Gasteiger partial charge in [0.1, 0.15) is 12.2 Å². The molecule has 2 aliphatic carbocycles. The van der Waals surface area contributed by atoms with Crippen molar-refractivity contribution < 1.29 is 14.9 Å². The molecule has 0 amide bonds. The number of rotatable bonds is 0. The number of ether oxygens (including phenoxy) is 1. The second-order valence-corrected chi connectivity index (χ2v) is 7.25. The molecule has 6 unspecified atom stereocenters. The summed E-state index contributed by atoms with van der Waals surface area (Å²) in [6, 6.07) is 4.26. The highest BCUT2D eigenvalue weighted by atomic mass is 16.5. The lowest BCUT2D eigenvalue weighted by atomic mass is 9.68.